The van der Waals surface area contributed by atoms with E-state index in [1.54, 1.807) is 17.8 Å². The zero-order chi connectivity index (χ0) is 13.4. The minimum Gasteiger partial charge on any atom is -0.370 e. The summed E-state index contributed by atoms with van der Waals surface area (Å²) in [5, 5.41) is 6.00. The van der Waals surface area contributed by atoms with Gasteiger partial charge in [-0.05, 0) is 37.0 Å². The summed E-state index contributed by atoms with van der Waals surface area (Å²) in [5.41, 5.74) is 0.463. The predicted octanol–water partition coefficient (Wildman–Crippen LogP) is 2.24. The Balaban J connectivity index is 2.53. The second kappa shape index (κ2) is 7.97. The van der Waals surface area contributed by atoms with Crippen LogP contribution in [0.3, 0.4) is 0 Å². The molecule has 2 N–H and O–H groups in total. The van der Waals surface area contributed by atoms with E-state index in [-0.39, 0.29) is 5.91 Å². The van der Waals surface area contributed by atoms with Gasteiger partial charge < -0.3 is 10.6 Å². The van der Waals surface area contributed by atoms with Gasteiger partial charge in [0.15, 0.2) is 0 Å². The summed E-state index contributed by atoms with van der Waals surface area (Å²) in [5.74, 6) is 2.15. The van der Waals surface area contributed by atoms with Gasteiger partial charge in [0.05, 0.1) is 0 Å². The molecule has 0 fully saturated rings. The van der Waals surface area contributed by atoms with Gasteiger partial charge in [0.25, 0.3) is 5.91 Å². The van der Waals surface area contributed by atoms with Crippen LogP contribution in [-0.4, -0.2) is 36.0 Å². The molecule has 0 spiro atoms. The molecule has 1 heterocycles. The Labute approximate surface area is 113 Å². The lowest BCUT2D eigenvalue weighted by Crippen LogP contribution is -2.29. The van der Waals surface area contributed by atoms with E-state index >= 15 is 0 Å². The molecule has 1 amide bonds. The van der Waals surface area contributed by atoms with Crippen molar-refractivity contribution in [3.63, 3.8) is 0 Å². The van der Waals surface area contributed by atoms with Gasteiger partial charge in [0.1, 0.15) is 11.5 Å². The summed E-state index contributed by atoms with van der Waals surface area (Å²) in [6, 6.07) is 5.43. The van der Waals surface area contributed by atoms with Crippen LogP contribution < -0.4 is 10.6 Å². The molecule has 0 saturated heterocycles. The minimum absolute atomic E-state index is 0.109. The molecule has 5 heteroatoms. The van der Waals surface area contributed by atoms with Crippen molar-refractivity contribution in [2.24, 2.45) is 5.92 Å². The first kappa shape index (κ1) is 14.8. The molecule has 0 radical (unpaired) electrons. The smallest absolute Gasteiger partial charge is 0.269 e. The zero-order valence-corrected chi connectivity index (χ0v) is 12.0. The summed E-state index contributed by atoms with van der Waals surface area (Å²) in [4.78, 5) is 16.2. The highest BCUT2D eigenvalue weighted by molar-refractivity contribution is 7.98. The Kier molecular flexibility index (Phi) is 6.57. The number of hydrogen-bond donors (Lipinski definition) is 2. The number of nitrogens with zero attached hydrogens (tertiary/aromatic N) is 1. The van der Waals surface area contributed by atoms with Gasteiger partial charge in [0.2, 0.25) is 0 Å². The van der Waals surface area contributed by atoms with Gasteiger partial charge in [0, 0.05) is 13.1 Å². The van der Waals surface area contributed by atoms with Crippen LogP contribution in [0.25, 0.3) is 0 Å². The molecule has 18 heavy (non-hydrogen) atoms. The van der Waals surface area contributed by atoms with Gasteiger partial charge in [-0.25, -0.2) is 4.98 Å². The highest BCUT2D eigenvalue weighted by Crippen LogP contribution is 2.06. The van der Waals surface area contributed by atoms with Crippen molar-refractivity contribution in [1.29, 1.82) is 0 Å². The van der Waals surface area contributed by atoms with Crippen molar-refractivity contribution < 1.29 is 4.79 Å². The summed E-state index contributed by atoms with van der Waals surface area (Å²) < 4.78 is 0. The third kappa shape index (κ3) is 4.96. The Bertz CT molecular complexity index is 384. The predicted molar refractivity (Wildman–Crippen MR) is 78.3 cm³/mol. The van der Waals surface area contributed by atoms with E-state index in [0.717, 1.165) is 18.1 Å². The molecular formula is C13H21N3OS. The van der Waals surface area contributed by atoms with Crippen LogP contribution in [0.1, 0.15) is 24.3 Å². The van der Waals surface area contributed by atoms with E-state index in [2.05, 4.69) is 28.8 Å². The van der Waals surface area contributed by atoms with Gasteiger partial charge >= 0.3 is 0 Å². The van der Waals surface area contributed by atoms with Gasteiger partial charge in [-0.3, -0.25) is 4.79 Å². The summed E-state index contributed by atoms with van der Waals surface area (Å²) >= 11 is 1.79. The van der Waals surface area contributed by atoms with Crippen LogP contribution in [0.15, 0.2) is 18.2 Å². The second-order valence-electron chi connectivity index (χ2n) is 4.21. The number of aromatic nitrogens is 1. The van der Waals surface area contributed by atoms with E-state index in [1.165, 1.54) is 0 Å². The molecule has 0 bridgehead atoms. The maximum Gasteiger partial charge on any atom is 0.269 e. The molecule has 100 valence electrons. The Morgan fingerprint density at radius 1 is 1.50 bits per heavy atom. The number of amides is 1. The number of anilines is 1. The Morgan fingerprint density at radius 2 is 2.28 bits per heavy atom. The van der Waals surface area contributed by atoms with E-state index in [4.69, 9.17) is 0 Å². The molecule has 0 aliphatic rings. The molecule has 1 rings (SSSR count). The number of carbonyl (C=O) groups is 1. The standard InChI is InChI=1S/C13H21N3OS/c1-4-14-12-7-5-6-11(16-12)13(17)15-8-10(2)9-18-3/h5-7,10H,4,8-9H2,1-3H3,(H,14,16)(H,15,17). The van der Waals surface area contributed by atoms with Crippen LogP contribution in [0.4, 0.5) is 5.82 Å². The molecular weight excluding hydrogens is 246 g/mol. The first-order valence-corrected chi connectivity index (χ1v) is 7.54. The van der Waals surface area contributed by atoms with Crippen molar-refractivity contribution in [3.8, 4) is 0 Å². The number of rotatable bonds is 7. The highest BCUT2D eigenvalue weighted by Gasteiger charge is 2.09. The van der Waals surface area contributed by atoms with Crippen molar-refractivity contribution in [2.75, 3.05) is 30.4 Å². The van der Waals surface area contributed by atoms with Crippen LogP contribution in [0, 0.1) is 5.92 Å². The zero-order valence-electron chi connectivity index (χ0n) is 11.2. The fraction of sp³-hybridized carbons (Fsp3) is 0.538. The normalized spacial score (nSPS) is 11.9. The van der Waals surface area contributed by atoms with Crippen molar-refractivity contribution >= 4 is 23.5 Å². The first-order valence-electron chi connectivity index (χ1n) is 6.15. The summed E-state index contributed by atoms with van der Waals surface area (Å²) in [6.07, 6.45) is 2.07. The molecule has 0 aromatic carbocycles. The number of hydrogen-bond acceptors (Lipinski definition) is 4. The maximum absolute atomic E-state index is 11.9. The van der Waals surface area contributed by atoms with Crippen molar-refractivity contribution in [3.05, 3.63) is 23.9 Å². The third-order valence-corrected chi connectivity index (χ3v) is 3.30. The molecule has 4 nitrogen and oxygen atoms in total. The van der Waals surface area contributed by atoms with E-state index < -0.39 is 0 Å². The number of carbonyl (C=O) groups excluding carboxylic acids is 1. The topological polar surface area (TPSA) is 54.0 Å². The van der Waals surface area contributed by atoms with E-state index in [9.17, 15) is 4.79 Å². The quantitative estimate of drug-likeness (QED) is 0.795. The third-order valence-electron chi connectivity index (χ3n) is 2.40. The molecule has 0 aliphatic carbocycles. The first-order chi connectivity index (χ1) is 8.67. The van der Waals surface area contributed by atoms with Gasteiger partial charge in [-0.2, -0.15) is 11.8 Å². The average Bonchev–Trinajstić information content (AvgIpc) is 2.37. The van der Waals surface area contributed by atoms with E-state index in [1.807, 2.05) is 19.1 Å². The summed E-state index contributed by atoms with van der Waals surface area (Å²) in [7, 11) is 0. The fourth-order valence-corrected chi connectivity index (χ4v) is 2.23. The molecule has 1 unspecified atom stereocenters. The monoisotopic (exact) mass is 267 g/mol. The van der Waals surface area contributed by atoms with Gasteiger partial charge in [-0.1, -0.05) is 13.0 Å². The lowest BCUT2D eigenvalue weighted by Gasteiger charge is -2.11. The maximum atomic E-state index is 11.9. The Morgan fingerprint density at radius 3 is 2.94 bits per heavy atom. The van der Waals surface area contributed by atoms with E-state index in [0.29, 0.717) is 18.2 Å². The van der Waals surface area contributed by atoms with Crippen LogP contribution in [0.5, 0.6) is 0 Å². The van der Waals surface area contributed by atoms with Crippen molar-refractivity contribution in [1.82, 2.24) is 10.3 Å². The minimum atomic E-state index is -0.109. The number of pyridine rings is 1. The molecule has 1 aromatic rings. The van der Waals surface area contributed by atoms with Crippen LogP contribution in [0.2, 0.25) is 0 Å². The average molecular weight is 267 g/mol. The van der Waals surface area contributed by atoms with Crippen molar-refractivity contribution in [2.45, 2.75) is 13.8 Å². The second-order valence-corrected chi connectivity index (χ2v) is 5.12. The molecule has 0 aliphatic heterocycles. The number of thioether (sulfide) groups is 1. The molecule has 1 aromatic heterocycles. The largest absolute Gasteiger partial charge is 0.370 e. The lowest BCUT2D eigenvalue weighted by molar-refractivity contribution is 0.0944. The Hall–Kier alpha value is -1.23. The fourth-order valence-electron chi connectivity index (χ4n) is 1.54. The highest BCUT2D eigenvalue weighted by atomic mass is 32.2. The SMILES string of the molecule is CCNc1cccc(C(=O)NCC(C)CSC)n1. The molecule has 1 atom stereocenters. The number of nitrogens with one attached hydrogen (secondary N) is 2. The summed E-state index contributed by atoms with van der Waals surface area (Å²) in [6.45, 7) is 5.60. The van der Waals surface area contributed by atoms with Crippen LogP contribution >= 0.6 is 11.8 Å². The van der Waals surface area contributed by atoms with Gasteiger partial charge in [-0.15, -0.1) is 0 Å². The van der Waals surface area contributed by atoms with Crippen LogP contribution in [-0.2, 0) is 0 Å². The lowest BCUT2D eigenvalue weighted by atomic mass is 10.2. The molecule has 0 saturated carbocycles.